The van der Waals surface area contributed by atoms with Gasteiger partial charge in [-0.05, 0) is 47.5 Å². The highest BCUT2D eigenvalue weighted by molar-refractivity contribution is 9.10. The number of rotatable bonds is 1. The van der Waals surface area contributed by atoms with Crippen LogP contribution >= 0.6 is 15.9 Å². The van der Waals surface area contributed by atoms with Crippen LogP contribution in [0.2, 0.25) is 0 Å². The Morgan fingerprint density at radius 2 is 1.94 bits per heavy atom. The van der Waals surface area contributed by atoms with Crippen molar-refractivity contribution in [1.82, 2.24) is 14.8 Å². The minimum atomic E-state index is 0.894. The van der Waals surface area contributed by atoms with Crippen LogP contribution in [0.3, 0.4) is 0 Å². The van der Waals surface area contributed by atoms with Gasteiger partial charge >= 0.3 is 0 Å². The second kappa shape index (κ2) is 4.21. The zero-order chi connectivity index (χ0) is 12.7. The lowest BCUT2D eigenvalue weighted by molar-refractivity contribution is 0.870. The predicted octanol–water partition coefficient (Wildman–Crippen LogP) is 3.80. The number of halogens is 1. The number of hydrogen-bond donors (Lipinski definition) is 0. The van der Waals surface area contributed by atoms with Gasteiger partial charge in [0.05, 0.1) is 11.4 Å². The highest BCUT2D eigenvalue weighted by Gasteiger charge is 2.11. The van der Waals surface area contributed by atoms with Crippen molar-refractivity contribution in [3.05, 3.63) is 52.3 Å². The van der Waals surface area contributed by atoms with Crippen LogP contribution in [-0.4, -0.2) is 14.8 Å². The van der Waals surface area contributed by atoms with Crippen LogP contribution in [0, 0.1) is 13.8 Å². The average molecular weight is 302 g/mol. The summed E-state index contributed by atoms with van der Waals surface area (Å²) < 4.78 is 2.88. The minimum Gasteiger partial charge on any atom is -0.235 e. The van der Waals surface area contributed by atoms with Gasteiger partial charge in [0.1, 0.15) is 0 Å². The molecule has 0 spiro atoms. The SMILES string of the molecule is Cc1ccccc1-n1nc(C)c2cc(Br)cnc21. The summed E-state index contributed by atoms with van der Waals surface area (Å²) in [6.45, 7) is 4.09. The Bertz CT molecular complexity index is 731. The van der Waals surface area contributed by atoms with Crippen molar-refractivity contribution >= 4 is 27.0 Å². The third-order valence-electron chi connectivity index (χ3n) is 3.02. The Morgan fingerprint density at radius 3 is 2.72 bits per heavy atom. The lowest BCUT2D eigenvalue weighted by atomic mass is 10.2. The first kappa shape index (κ1) is 11.4. The summed E-state index contributed by atoms with van der Waals surface area (Å²) >= 11 is 3.45. The summed E-state index contributed by atoms with van der Waals surface area (Å²) in [5.74, 6) is 0. The van der Waals surface area contributed by atoms with E-state index in [0.29, 0.717) is 0 Å². The van der Waals surface area contributed by atoms with Crippen molar-refractivity contribution in [3.63, 3.8) is 0 Å². The Balaban J connectivity index is 2.34. The number of hydrogen-bond acceptors (Lipinski definition) is 2. The Hall–Kier alpha value is -1.68. The van der Waals surface area contributed by atoms with Gasteiger partial charge in [0, 0.05) is 16.1 Å². The molecule has 0 saturated carbocycles. The first-order valence-electron chi connectivity index (χ1n) is 5.73. The lowest BCUT2D eigenvalue weighted by Crippen LogP contribution is -1.99. The van der Waals surface area contributed by atoms with E-state index in [-0.39, 0.29) is 0 Å². The highest BCUT2D eigenvalue weighted by Crippen LogP contribution is 2.24. The maximum absolute atomic E-state index is 4.60. The van der Waals surface area contributed by atoms with E-state index in [2.05, 4.69) is 51.1 Å². The van der Waals surface area contributed by atoms with Gasteiger partial charge in [-0.15, -0.1) is 0 Å². The zero-order valence-electron chi connectivity index (χ0n) is 10.2. The molecule has 0 radical (unpaired) electrons. The molecule has 90 valence electrons. The van der Waals surface area contributed by atoms with Crippen molar-refractivity contribution < 1.29 is 0 Å². The molecule has 2 aromatic heterocycles. The summed E-state index contributed by atoms with van der Waals surface area (Å²) in [6.07, 6.45) is 1.80. The van der Waals surface area contributed by atoms with E-state index in [0.717, 1.165) is 26.9 Å². The maximum Gasteiger partial charge on any atom is 0.163 e. The summed E-state index contributed by atoms with van der Waals surface area (Å²) in [7, 11) is 0. The van der Waals surface area contributed by atoms with Crippen LogP contribution < -0.4 is 0 Å². The van der Waals surface area contributed by atoms with E-state index in [1.165, 1.54) is 5.56 Å². The Morgan fingerprint density at radius 1 is 1.17 bits per heavy atom. The number of benzene rings is 1. The fourth-order valence-corrected chi connectivity index (χ4v) is 2.42. The molecule has 2 heterocycles. The molecule has 0 atom stereocenters. The van der Waals surface area contributed by atoms with Gasteiger partial charge in [-0.25, -0.2) is 9.67 Å². The zero-order valence-corrected chi connectivity index (χ0v) is 11.8. The molecule has 1 aromatic carbocycles. The number of para-hydroxylation sites is 1. The minimum absolute atomic E-state index is 0.894. The molecular weight excluding hydrogens is 290 g/mol. The molecule has 0 unspecified atom stereocenters. The van der Waals surface area contributed by atoms with Gasteiger partial charge in [0.25, 0.3) is 0 Å². The van der Waals surface area contributed by atoms with Crippen LogP contribution in [0.4, 0.5) is 0 Å². The van der Waals surface area contributed by atoms with Crippen molar-refractivity contribution in [2.75, 3.05) is 0 Å². The molecule has 0 amide bonds. The van der Waals surface area contributed by atoms with E-state index in [9.17, 15) is 0 Å². The lowest BCUT2D eigenvalue weighted by Gasteiger charge is -2.05. The summed E-state index contributed by atoms with van der Waals surface area (Å²) in [6, 6.07) is 10.2. The molecule has 0 aliphatic rings. The van der Waals surface area contributed by atoms with Crippen LogP contribution in [0.15, 0.2) is 41.0 Å². The van der Waals surface area contributed by atoms with Crippen molar-refractivity contribution in [1.29, 1.82) is 0 Å². The van der Waals surface area contributed by atoms with Gasteiger partial charge < -0.3 is 0 Å². The first-order valence-corrected chi connectivity index (χ1v) is 6.53. The number of aryl methyl sites for hydroxylation is 2. The van der Waals surface area contributed by atoms with E-state index in [1.54, 1.807) is 6.20 Å². The molecule has 3 aromatic rings. The largest absolute Gasteiger partial charge is 0.235 e. The highest BCUT2D eigenvalue weighted by atomic mass is 79.9. The van der Waals surface area contributed by atoms with Crippen LogP contribution in [0.5, 0.6) is 0 Å². The number of nitrogens with zero attached hydrogens (tertiary/aromatic N) is 3. The number of pyridine rings is 1. The summed E-state index contributed by atoms with van der Waals surface area (Å²) in [5.41, 5.74) is 4.14. The molecule has 0 N–H and O–H groups in total. The van der Waals surface area contributed by atoms with E-state index in [1.807, 2.05) is 23.7 Å². The van der Waals surface area contributed by atoms with E-state index >= 15 is 0 Å². The van der Waals surface area contributed by atoms with E-state index < -0.39 is 0 Å². The second-order valence-electron chi connectivity index (χ2n) is 4.31. The molecule has 0 aliphatic carbocycles. The normalized spacial score (nSPS) is 11.1. The predicted molar refractivity (Wildman–Crippen MR) is 76.0 cm³/mol. The van der Waals surface area contributed by atoms with Crippen molar-refractivity contribution in [2.45, 2.75) is 13.8 Å². The second-order valence-corrected chi connectivity index (χ2v) is 5.22. The van der Waals surface area contributed by atoms with Crippen molar-refractivity contribution in [2.24, 2.45) is 0 Å². The fourth-order valence-electron chi connectivity index (χ4n) is 2.09. The maximum atomic E-state index is 4.60. The topological polar surface area (TPSA) is 30.7 Å². The molecule has 3 nitrogen and oxygen atoms in total. The van der Waals surface area contributed by atoms with Crippen LogP contribution in [-0.2, 0) is 0 Å². The third-order valence-corrected chi connectivity index (χ3v) is 3.45. The summed E-state index contributed by atoms with van der Waals surface area (Å²) in [4.78, 5) is 4.47. The molecule has 18 heavy (non-hydrogen) atoms. The molecule has 0 aliphatic heterocycles. The number of aromatic nitrogens is 3. The van der Waals surface area contributed by atoms with Gasteiger partial charge in [-0.3, -0.25) is 0 Å². The molecular formula is C14H12BrN3. The standard InChI is InChI=1S/C14H12BrN3/c1-9-5-3-4-6-13(9)18-14-12(10(2)17-18)7-11(15)8-16-14/h3-8H,1-2H3. The molecule has 0 fully saturated rings. The third kappa shape index (κ3) is 1.73. The monoisotopic (exact) mass is 301 g/mol. The fraction of sp³-hybridized carbons (Fsp3) is 0.143. The molecule has 0 bridgehead atoms. The molecule has 3 rings (SSSR count). The summed E-state index contributed by atoms with van der Waals surface area (Å²) in [5, 5.41) is 5.67. The van der Waals surface area contributed by atoms with Crippen molar-refractivity contribution in [3.8, 4) is 5.69 Å². The smallest absolute Gasteiger partial charge is 0.163 e. The molecule has 0 saturated heterocycles. The van der Waals surface area contributed by atoms with Crippen LogP contribution in [0.1, 0.15) is 11.3 Å². The first-order chi connectivity index (χ1) is 8.66. The van der Waals surface area contributed by atoms with Gasteiger partial charge in [-0.1, -0.05) is 18.2 Å². The average Bonchev–Trinajstić information content (AvgIpc) is 2.67. The quantitative estimate of drug-likeness (QED) is 0.684. The van der Waals surface area contributed by atoms with Gasteiger partial charge in [0.15, 0.2) is 5.65 Å². The van der Waals surface area contributed by atoms with Gasteiger partial charge in [0.2, 0.25) is 0 Å². The Kier molecular flexibility index (Phi) is 2.67. The molecule has 4 heteroatoms. The number of fused-ring (bicyclic) bond motifs is 1. The van der Waals surface area contributed by atoms with Crippen LogP contribution in [0.25, 0.3) is 16.7 Å². The van der Waals surface area contributed by atoms with E-state index in [4.69, 9.17) is 0 Å². The van der Waals surface area contributed by atoms with Gasteiger partial charge in [-0.2, -0.15) is 5.10 Å². The Labute approximate surface area is 114 Å².